The minimum absolute atomic E-state index is 0.106. The minimum atomic E-state index is -1.59. The summed E-state index contributed by atoms with van der Waals surface area (Å²) in [5.74, 6) is -2.97. The zero-order valence-electron chi connectivity index (χ0n) is 20.8. The molecule has 0 saturated carbocycles. The number of benzene rings is 2. The van der Waals surface area contributed by atoms with Crippen molar-refractivity contribution in [2.75, 3.05) is 6.61 Å². The molecule has 36 heavy (non-hydrogen) atoms. The Hall–Kier alpha value is -1.77. The molecule has 4 unspecified atom stereocenters. The summed E-state index contributed by atoms with van der Waals surface area (Å²) in [4.78, 5) is 15.2. The Kier molecular flexibility index (Phi) is 7.21. The first-order valence-electron chi connectivity index (χ1n) is 12.2. The Bertz CT molecular complexity index is 1170. The summed E-state index contributed by atoms with van der Waals surface area (Å²) in [5, 5.41) is 10.5. The number of ether oxygens (including phenoxy) is 1. The smallest absolute Gasteiger partial charge is 0.325 e. The first-order chi connectivity index (χ1) is 16.9. The zero-order valence-corrected chi connectivity index (χ0v) is 22.3. The van der Waals surface area contributed by atoms with Gasteiger partial charge < -0.3 is 15.6 Å². The summed E-state index contributed by atoms with van der Waals surface area (Å²) >= 11 is 12.2. The van der Waals surface area contributed by atoms with E-state index in [0.717, 1.165) is 0 Å². The highest BCUT2D eigenvalue weighted by atomic mass is 35.5. The van der Waals surface area contributed by atoms with E-state index in [2.05, 4.69) is 0 Å². The van der Waals surface area contributed by atoms with Gasteiger partial charge in [0.15, 0.2) is 5.72 Å². The molecule has 196 valence electrons. The number of carbonyl (C=O) groups excluding carboxylic acids is 1. The van der Waals surface area contributed by atoms with Crippen molar-refractivity contribution in [3.63, 3.8) is 0 Å². The van der Waals surface area contributed by atoms with Crippen molar-refractivity contribution in [3.8, 4) is 0 Å². The molecule has 2 fully saturated rings. The van der Waals surface area contributed by atoms with Gasteiger partial charge in [-0.25, -0.2) is 13.7 Å². The number of halogens is 4. The largest absolute Gasteiger partial charge is 0.443 e. The molecule has 3 N–H and O–H groups in total. The molecule has 4 rings (SSSR count). The predicted molar refractivity (Wildman–Crippen MR) is 136 cm³/mol. The fourth-order valence-electron chi connectivity index (χ4n) is 6.25. The summed E-state index contributed by atoms with van der Waals surface area (Å²) in [6.45, 7) is 7.30. The van der Waals surface area contributed by atoms with E-state index in [1.54, 1.807) is 19.9 Å². The van der Waals surface area contributed by atoms with Crippen LogP contribution in [-0.2, 0) is 15.1 Å². The normalized spacial score (nSPS) is 27.8. The van der Waals surface area contributed by atoms with Gasteiger partial charge in [0.25, 0.3) is 0 Å². The molecule has 0 aliphatic carbocycles. The lowest BCUT2D eigenvalue weighted by Gasteiger charge is -2.45. The molecule has 0 spiro atoms. The average molecular weight is 541 g/mol. The van der Waals surface area contributed by atoms with Crippen LogP contribution in [-0.4, -0.2) is 40.4 Å². The number of fused-ring (bicyclic) bond motifs is 1. The molecule has 4 atom stereocenters. The number of esters is 1. The van der Waals surface area contributed by atoms with E-state index in [1.807, 2.05) is 18.7 Å². The Morgan fingerprint density at radius 2 is 1.83 bits per heavy atom. The standard InChI is InChI=1S/C27H32Cl2F2N2O3/c1-5-26(6-2,14-34)13-20-27(32,17-11-10-15(28)12-19(17)30)21(16-8-7-9-18(29)22(16)31)23-24(35)36-25(3,4)33(20)23/h7-12,20-21,23,34H,5-6,13-14,32H2,1-4H3. The van der Waals surface area contributed by atoms with Crippen LogP contribution in [0, 0.1) is 17.0 Å². The van der Waals surface area contributed by atoms with E-state index in [0.29, 0.717) is 19.3 Å². The van der Waals surface area contributed by atoms with Gasteiger partial charge in [-0.3, -0.25) is 4.79 Å². The number of hydrogen-bond acceptors (Lipinski definition) is 5. The lowest BCUT2D eigenvalue weighted by Crippen LogP contribution is -2.57. The maximum absolute atomic E-state index is 15.7. The average Bonchev–Trinajstić information content (AvgIpc) is 3.22. The van der Waals surface area contributed by atoms with Gasteiger partial charge in [0.1, 0.15) is 17.7 Å². The monoisotopic (exact) mass is 540 g/mol. The van der Waals surface area contributed by atoms with Crippen LogP contribution in [0.25, 0.3) is 0 Å². The van der Waals surface area contributed by atoms with E-state index >= 15 is 8.78 Å². The highest BCUT2D eigenvalue weighted by molar-refractivity contribution is 6.31. The second-order valence-corrected chi connectivity index (χ2v) is 11.3. The van der Waals surface area contributed by atoms with E-state index in [1.165, 1.54) is 30.3 Å². The minimum Gasteiger partial charge on any atom is -0.443 e. The van der Waals surface area contributed by atoms with Crippen LogP contribution >= 0.6 is 23.2 Å². The maximum atomic E-state index is 15.7. The van der Waals surface area contributed by atoms with Crippen LogP contribution in [0.4, 0.5) is 8.78 Å². The second kappa shape index (κ2) is 9.52. The third kappa shape index (κ3) is 4.04. The molecule has 0 aromatic heterocycles. The third-order valence-corrected chi connectivity index (χ3v) is 8.93. The van der Waals surface area contributed by atoms with Gasteiger partial charge in [-0.1, -0.05) is 55.2 Å². The fourth-order valence-corrected chi connectivity index (χ4v) is 6.59. The van der Waals surface area contributed by atoms with Gasteiger partial charge >= 0.3 is 5.97 Å². The van der Waals surface area contributed by atoms with Crippen LogP contribution in [0.3, 0.4) is 0 Å². The van der Waals surface area contributed by atoms with Gasteiger partial charge in [-0.15, -0.1) is 0 Å². The lowest BCUT2D eigenvalue weighted by atomic mass is 9.66. The van der Waals surface area contributed by atoms with E-state index in [9.17, 15) is 9.90 Å². The van der Waals surface area contributed by atoms with E-state index < -0.39 is 52.3 Å². The molecule has 2 saturated heterocycles. The third-order valence-electron chi connectivity index (χ3n) is 8.41. The molecule has 9 heteroatoms. The van der Waals surface area contributed by atoms with E-state index in [4.69, 9.17) is 33.7 Å². The van der Waals surface area contributed by atoms with Crippen molar-refractivity contribution in [2.24, 2.45) is 11.1 Å². The van der Waals surface area contributed by atoms with Gasteiger partial charge in [0, 0.05) is 29.2 Å². The number of aliphatic hydroxyl groups is 1. The van der Waals surface area contributed by atoms with Gasteiger partial charge in [0.2, 0.25) is 0 Å². The van der Waals surface area contributed by atoms with Gasteiger partial charge in [-0.05, 0) is 62.3 Å². The number of nitrogens with zero attached hydrogens (tertiary/aromatic N) is 1. The summed E-state index contributed by atoms with van der Waals surface area (Å²) in [7, 11) is 0. The first kappa shape index (κ1) is 27.3. The number of rotatable bonds is 7. The fraction of sp³-hybridized carbons (Fsp3) is 0.519. The highest BCUT2D eigenvalue weighted by Gasteiger charge is 2.69. The summed E-state index contributed by atoms with van der Waals surface area (Å²) in [5.41, 5.74) is 4.25. The van der Waals surface area contributed by atoms with Crippen molar-refractivity contribution in [2.45, 2.75) is 76.2 Å². The maximum Gasteiger partial charge on any atom is 0.325 e. The van der Waals surface area contributed by atoms with Crippen LogP contribution < -0.4 is 5.73 Å². The molecule has 2 heterocycles. The molecule has 2 aromatic rings. The van der Waals surface area contributed by atoms with Gasteiger partial charge in [-0.2, -0.15) is 0 Å². The van der Waals surface area contributed by atoms with Gasteiger partial charge in [0.05, 0.1) is 10.6 Å². The second-order valence-electron chi connectivity index (χ2n) is 10.5. The zero-order chi connectivity index (χ0) is 26.6. The molecule has 0 amide bonds. The van der Waals surface area contributed by atoms with E-state index in [-0.39, 0.29) is 27.8 Å². The Balaban J connectivity index is 2.06. The first-order valence-corrected chi connectivity index (χ1v) is 12.9. The molecular weight excluding hydrogens is 509 g/mol. The Labute approximate surface area is 220 Å². The van der Waals surface area contributed by atoms with Crippen LogP contribution in [0.2, 0.25) is 10.0 Å². The molecular formula is C27H32Cl2F2N2O3. The lowest BCUT2D eigenvalue weighted by molar-refractivity contribution is -0.153. The number of cyclic esters (lactones) is 1. The summed E-state index contributed by atoms with van der Waals surface area (Å²) in [6.07, 6.45) is 1.57. The van der Waals surface area contributed by atoms with Crippen LogP contribution in [0.5, 0.6) is 0 Å². The molecule has 2 aliphatic heterocycles. The van der Waals surface area contributed by atoms with Crippen molar-refractivity contribution >= 4 is 29.2 Å². The summed E-state index contributed by atoms with van der Waals surface area (Å²) < 4.78 is 37.0. The van der Waals surface area contributed by atoms with Crippen molar-refractivity contribution in [1.29, 1.82) is 0 Å². The molecule has 2 aromatic carbocycles. The SMILES string of the molecule is CCC(CC)(CO)CC1N2C(C(=O)OC2(C)C)C(c2cccc(Cl)c2F)C1(N)c1ccc(Cl)cc1F. The van der Waals surface area contributed by atoms with Crippen molar-refractivity contribution < 1.29 is 23.4 Å². The van der Waals surface area contributed by atoms with Crippen LogP contribution in [0.15, 0.2) is 36.4 Å². The number of aliphatic hydroxyl groups excluding tert-OH is 1. The Morgan fingerprint density at radius 1 is 1.17 bits per heavy atom. The number of hydrogen-bond donors (Lipinski definition) is 2. The predicted octanol–water partition coefficient (Wildman–Crippen LogP) is 5.74. The molecule has 5 nitrogen and oxygen atoms in total. The van der Waals surface area contributed by atoms with Crippen molar-refractivity contribution in [3.05, 3.63) is 69.2 Å². The molecule has 0 bridgehead atoms. The van der Waals surface area contributed by atoms with Crippen molar-refractivity contribution in [1.82, 2.24) is 4.90 Å². The topological polar surface area (TPSA) is 75.8 Å². The van der Waals surface area contributed by atoms with Crippen LogP contribution in [0.1, 0.15) is 64.0 Å². The molecule has 2 aliphatic rings. The Morgan fingerprint density at radius 3 is 2.42 bits per heavy atom. The summed E-state index contributed by atoms with van der Waals surface area (Å²) in [6, 6.07) is 7.02. The quantitative estimate of drug-likeness (QED) is 0.437. The number of nitrogens with two attached hydrogens (primary N) is 1. The highest BCUT2D eigenvalue weighted by Crippen LogP contribution is 2.58. The molecule has 0 radical (unpaired) electrons. The number of carbonyl (C=O) groups is 1.